The number of nitrogens with one attached hydrogen (secondary N) is 1. The SMILES string of the molecule is COc1ccc(CCNC(=O)C2(C(=O)N3CCC(C)CC3)CC2)cc1. The van der Waals surface area contributed by atoms with Gasteiger partial charge in [0.15, 0.2) is 0 Å². The molecule has 2 amide bonds. The molecule has 25 heavy (non-hydrogen) atoms. The summed E-state index contributed by atoms with van der Waals surface area (Å²) in [4.78, 5) is 27.3. The molecule has 1 saturated heterocycles. The number of hydrogen-bond donors (Lipinski definition) is 1. The molecule has 1 saturated carbocycles. The number of nitrogens with zero attached hydrogens (tertiary/aromatic N) is 1. The van der Waals surface area contributed by atoms with Crippen molar-refractivity contribution in [3.63, 3.8) is 0 Å². The van der Waals surface area contributed by atoms with Crippen molar-refractivity contribution in [2.24, 2.45) is 11.3 Å². The molecular weight excluding hydrogens is 316 g/mol. The number of carbonyl (C=O) groups is 2. The average molecular weight is 344 g/mol. The predicted molar refractivity (Wildman–Crippen MR) is 96.4 cm³/mol. The van der Waals surface area contributed by atoms with Gasteiger partial charge in [-0.2, -0.15) is 0 Å². The molecule has 0 radical (unpaired) electrons. The molecule has 0 bridgehead atoms. The third-order valence-corrected chi connectivity index (χ3v) is 5.52. The summed E-state index contributed by atoms with van der Waals surface area (Å²) >= 11 is 0. The van der Waals surface area contributed by atoms with Crippen LogP contribution in [0, 0.1) is 11.3 Å². The number of hydrogen-bond acceptors (Lipinski definition) is 3. The van der Waals surface area contributed by atoms with Crippen LogP contribution in [0.15, 0.2) is 24.3 Å². The first kappa shape index (κ1) is 17.8. The van der Waals surface area contributed by atoms with Gasteiger partial charge in [0.05, 0.1) is 7.11 Å². The third-order valence-electron chi connectivity index (χ3n) is 5.52. The maximum atomic E-state index is 12.8. The quantitative estimate of drug-likeness (QED) is 0.806. The minimum Gasteiger partial charge on any atom is -0.497 e. The second-order valence-corrected chi connectivity index (χ2v) is 7.41. The van der Waals surface area contributed by atoms with Gasteiger partial charge in [0.2, 0.25) is 11.8 Å². The minimum absolute atomic E-state index is 0.0429. The standard InChI is InChI=1S/C20H28N2O3/c1-15-8-13-22(14-9-15)19(24)20(10-11-20)18(23)21-12-7-16-3-5-17(25-2)6-4-16/h3-6,15H,7-14H2,1-2H3,(H,21,23). The molecule has 1 N–H and O–H groups in total. The Bertz CT molecular complexity index is 614. The average Bonchev–Trinajstić information content (AvgIpc) is 3.44. The van der Waals surface area contributed by atoms with Crippen molar-refractivity contribution in [3.05, 3.63) is 29.8 Å². The molecular formula is C20H28N2O3. The number of methoxy groups -OCH3 is 1. The lowest BCUT2D eigenvalue weighted by atomic mass is 9.96. The zero-order valence-corrected chi connectivity index (χ0v) is 15.2. The lowest BCUT2D eigenvalue weighted by molar-refractivity contribution is -0.145. The van der Waals surface area contributed by atoms with Crippen molar-refractivity contribution in [1.82, 2.24) is 10.2 Å². The minimum atomic E-state index is -0.777. The highest BCUT2D eigenvalue weighted by Gasteiger charge is 2.57. The first-order valence-corrected chi connectivity index (χ1v) is 9.26. The summed E-state index contributed by atoms with van der Waals surface area (Å²) in [5, 5.41) is 2.97. The fourth-order valence-electron chi connectivity index (χ4n) is 3.46. The van der Waals surface area contributed by atoms with Crippen LogP contribution in [0.2, 0.25) is 0 Å². The maximum Gasteiger partial charge on any atom is 0.238 e. The molecule has 0 atom stereocenters. The van der Waals surface area contributed by atoms with Gasteiger partial charge in [0.25, 0.3) is 0 Å². The lowest BCUT2D eigenvalue weighted by Gasteiger charge is -2.32. The van der Waals surface area contributed by atoms with Crippen LogP contribution in [0.4, 0.5) is 0 Å². The highest BCUT2D eigenvalue weighted by atomic mass is 16.5. The predicted octanol–water partition coefficient (Wildman–Crippen LogP) is 2.39. The Morgan fingerprint density at radius 2 is 1.84 bits per heavy atom. The molecule has 5 nitrogen and oxygen atoms in total. The zero-order valence-electron chi connectivity index (χ0n) is 15.2. The molecule has 1 aliphatic heterocycles. The van der Waals surface area contributed by atoms with E-state index in [-0.39, 0.29) is 11.8 Å². The zero-order chi connectivity index (χ0) is 17.9. The van der Waals surface area contributed by atoms with E-state index in [9.17, 15) is 9.59 Å². The summed E-state index contributed by atoms with van der Waals surface area (Å²) in [7, 11) is 1.64. The Labute approximate surface area is 149 Å². The van der Waals surface area contributed by atoms with Crippen LogP contribution in [0.3, 0.4) is 0 Å². The van der Waals surface area contributed by atoms with E-state index < -0.39 is 5.41 Å². The first-order chi connectivity index (χ1) is 12.0. The number of benzene rings is 1. The highest BCUT2D eigenvalue weighted by molar-refractivity contribution is 6.07. The van der Waals surface area contributed by atoms with Gasteiger partial charge in [-0.1, -0.05) is 19.1 Å². The van der Waals surface area contributed by atoms with Gasteiger partial charge in [-0.15, -0.1) is 0 Å². The summed E-state index contributed by atoms with van der Waals surface area (Å²) in [5.74, 6) is 1.45. The third kappa shape index (κ3) is 3.97. The molecule has 0 aromatic heterocycles. The van der Waals surface area contributed by atoms with E-state index in [0.29, 0.717) is 25.3 Å². The second kappa shape index (κ2) is 7.46. The van der Waals surface area contributed by atoms with E-state index in [1.807, 2.05) is 29.2 Å². The van der Waals surface area contributed by atoms with E-state index in [2.05, 4.69) is 12.2 Å². The Morgan fingerprint density at radius 3 is 2.40 bits per heavy atom. The van der Waals surface area contributed by atoms with Gasteiger partial charge >= 0.3 is 0 Å². The van der Waals surface area contributed by atoms with Gasteiger partial charge in [-0.3, -0.25) is 9.59 Å². The van der Waals surface area contributed by atoms with E-state index >= 15 is 0 Å². The van der Waals surface area contributed by atoms with Gasteiger partial charge in [0.1, 0.15) is 11.2 Å². The van der Waals surface area contributed by atoms with Crippen LogP contribution in [-0.4, -0.2) is 43.5 Å². The smallest absolute Gasteiger partial charge is 0.238 e. The molecule has 0 unspecified atom stereocenters. The van der Waals surface area contributed by atoms with Gasteiger partial charge in [0, 0.05) is 19.6 Å². The van der Waals surface area contributed by atoms with Crippen LogP contribution < -0.4 is 10.1 Å². The summed E-state index contributed by atoms with van der Waals surface area (Å²) in [6.07, 6.45) is 4.21. The van der Waals surface area contributed by atoms with Crippen molar-refractivity contribution in [3.8, 4) is 5.75 Å². The number of likely N-dealkylation sites (tertiary alicyclic amines) is 1. The van der Waals surface area contributed by atoms with Crippen molar-refractivity contribution in [2.75, 3.05) is 26.7 Å². The van der Waals surface area contributed by atoms with Crippen molar-refractivity contribution < 1.29 is 14.3 Å². The molecule has 1 aromatic carbocycles. The molecule has 5 heteroatoms. The van der Waals surface area contributed by atoms with Crippen LogP contribution >= 0.6 is 0 Å². The van der Waals surface area contributed by atoms with Crippen molar-refractivity contribution in [2.45, 2.75) is 39.0 Å². The molecule has 1 aliphatic carbocycles. The Morgan fingerprint density at radius 1 is 1.20 bits per heavy atom. The first-order valence-electron chi connectivity index (χ1n) is 9.26. The molecule has 136 valence electrons. The lowest BCUT2D eigenvalue weighted by Crippen LogP contribution is -2.48. The summed E-state index contributed by atoms with van der Waals surface area (Å²) in [6, 6.07) is 7.83. The monoisotopic (exact) mass is 344 g/mol. The van der Waals surface area contributed by atoms with E-state index in [0.717, 1.165) is 43.7 Å². The van der Waals surface area contributed by atoms with Crippen LogP contribution in [0.25, 0.3) is 0 Å². The van der Waals surface area contributed by atoms with Crippen molar-refractivity contribution >= 4 is 11.8 Å². The number of piperidine rings is 1. The van der Waals surface area contributed by atoms with Gasteiger partial charge in [-0.05, 0) is 55.7 Å². The highest BCUT2D eigenvalue weighted by Crippen LogP contribution is 2.48. The summed E-state index contributed by atoms with van der Waals surface area (Å²) < 4.78 is 5.14. The number of amides is 2. The van der Waals surface area contributed by atoms with Gasteiger partial charge in [-0.25, -0.2) is 0 Å². The molecule has 3 rings (SSSR count). The molecule has 0 spiro atoms. The van der Waals surface area contributed by atoms with Crippen LogP contribution in [-0.2, 0) is 16.0 Å². The summed E-state index contributed by atoms with van der Waals surface area (Å²) in [6.45, 7) is 4.36. The Kier molecular flexibility index (Phi) is 5.30. The number of ether oxygens (including phenoxy) is 1. The van der Waals surface area contributed by atoms with Gasteiger partial charge < -0.3 is 15.0 Å². The van der Waals surface area contributed by atoms with E-state index in [4.69, 9.17) is 4.74 Å². The normalized spacial score (nSPS) is 19.4. The Hall–Kier alpha value is -2.04. The molecule has 2 fully saturated rings. The molecule has 2 aliphatic rings. The molecule has 1 aromatic rings. The fourth-order valence-corrected chi connectivity index (χ4v) is 3.46. The number of rotatable bonds is 6. The Balaban J connectivity index is 1.49. The maximum absolute atomic E-state index is 12.8. The van der Waals surface area contributed by atoms with E-state index in [1.54, 1.807) is 7.11 Å². The van der Waals surface area contributed by atoms with E-state index in [1.165, 1.54) is 0 Å². The largest absolute Gasteiger partial charge is 0.497 e. The topological polar surface area (TPSA) is 58.6 Å². The van der Waals surface area contributed by atoms with Crippen LogP contribution in [0.1, 0.15) is 38.2 Å². The number of carbonyl (C=O) groups excluding carboxylic acids is 2. The second-order valence-electron chi connectivity index (χ2n) is 7.41. The molecule has 1 heterocycles. The fraction of sp³-hybridized carbons (Fsp3) is 0.600. The van der Waals surface area contributed by atoms with Crippen LogP contribution in [0.5, 0.6) is 5.75 Å². The van der Waals surface area contributed by atoms with Crippen molar-refractivity contribution in [1.29, 1.82) is 0 Å². The summed E-state index contributed by atoms with van der Waals surface area (Å²) in [5.41, 5.74) is 0.364.